The molecule has 0 radical (unpaired) electrons. The summed E-state index contributed by atoms with van der Waals surface area (Å²) in [6.07, 6.45) is 0. The van der Waals surface area contributed by atoms with Gasteiger partial charge in [-0.15, -0.1) is 0 Å². The minimum atomic E-state index is 0.349. The predicted octanol–water partition coefficient (Wildman–Crippen LogP) is 1.74. The molecule has 0 aliphatic heterocycles. The molecule has 0 saturated heterocycles. The largest absolute Gasteiger partial charge is 0.490 e. The van der Waals surface area contributed by atoms with E-state index in [1.54, 1.807) is 0 Å². The van der Waals surface area contributed by atoms with Crippen molar-refractivity contribution in [3.63, 3.8) is 0 Å². The first-order valence-corrected chi connectivity index (χ1v) is 5.26. The lowest BCUT2D eigenvalue weighted by Gasteiger charge is -2.09. The predicted molar refractivity (Wildman–Crippen MR) is 64.3 cm³/mol. The van der Waals surface area contributed by atoms with Crippen molar-refractivity contribution in [2.75, 3.05) is 19.8 Å². The van der Waals surface area contributed by atoms with E-state index in [-0.39, 0.29) is 0 Å². The minimum Gasteiger partial charge on any atom is -0.490 e. The number of hydrogen-bond acceptors (Lipinski definition) is 3. The summed E-state index contributed by atoms with van der Waals surface area (Å²) in [5.74, 6) is 0.713. The van der Waals surface area contributed by atoms with Gasteiger partial charge in [0.1, 0.15) is 17.3 Å². The van der Waals surface area contributed by atoms with Crippen molar-refractivity contribution in [1.82, 2.24) is 0 Å². The molecule has 2 N–H and O–H groups in total. The summed E-state index contributed by atoms with van der Waals surface area (Å²) < 4.78 is 10.7. The SMILES string of the molecule is CCOCCOc1ccccc1C(N)=S. The first kappa shape index (κ1) is 11.9. The molecule has 4 heteroatoms. The maximum Gasteiger partial charge on any atom is 0.129 e. The minimum absolute atomic E-state index is 0.349. The molecule has 0 amide bonds. The molecular formula is C11H15NO2S. The summed E-state index contributed by atoms with van der Waals surface area (Å²) in [4.78, 5) is 0.349. The smallest absolute Gasteiger partial charge is 0.129 e. The molecule has 15 heavy (non-hydrogen) atoms. The molecule has 0 bridgehead atoms. The molecule has 0 fully saturated rings. The third kappa shape index (κ3) is 3.85. The maximum atomic E-state index is 5.57. The van der Waals surface area contributed by atoms with Gasteiger partial charge >= 0.3 is 0 Å². The van der Waals surface area contributed by atoms with Gasteiger partial charge < -0.3 is 15.2 Å². The zero-order valence-electron chi connectivity index (χ0n) is 8.73. The fraction of sp³-hybridized carbons (Fsp3) is 0.364. The van der Waals surface area contributed by atoms with E-state index in [0.717, 1.165) is 5.56 Å². The first-order chi connectivity index (χ1) is 7.25. The van der Waals surface area contributed by atoms with Crippen LogP contribution in [0.15, 0.2) is 24.3 Å². The number of rotatable bonds is 6. The van der Waals surface area contributed by atoms with Crippen LogP contribution in [-0.4, -0.2) is 24.8 Å². The monoisotopic (exact) mass is 225 g/mol. The summed E-state index contributed by atoms with van der Waals surface area (Å²) in [6, 6.07) is 7.46. The quantitative estimate of drug-likeness (QED) is 0.591. The van der Waals surface area contributed by atoms with Crippen molar-refractivity contribution in [2.45, 2.75) is 6.92 Å². The maximum absolute atomic E-state index is 5.57. The van der Waals surface area contributed by atoms with Crippen molar-refractivity contribution in [1.29, 1.82) is 0 Å². The highest BCUT2D eigenvalue weighted by Gasteiger charge is 2.04. The Morgan fingerprint density at radius 1 is 1.33 bits per heavy atom. The van der Waals surface area contributed by atoms with Crippen LogP contribution in [0.25, 0.3) is 0 Å². The Balaban J connectivity index is 2.56. The van der Waals surface area contributed by atoms with E-state index in [1.807, 2.05) is 31.2 Å². The summed E-state index contributed by atoms with van der Waals surface area (Å²) in [6.45, 7) is 3.72. The van der Waals surface area contributed by atoms with Crippen LogP contribution in [0.2, 0.25) is 0 Å². The van der Waals surface area contributed by atoms with Gasteiger partial charge in [-0.3, -0.25) is 0 Å². The van der Waals surface area contributed by atoms with E-state index in [9.17, 15) is 0 Å². The topological polar surface area (TPSA) is 44.5 Å². The molecule has 1 aromatic carbocycles. The van der Waals surface area contributed by atoms with Crippen LogP contribution in [0.1, 0.15) is 12.5 Å². The lowest BCUT2D eigenvalue weighted by atomic mass is 10.2. The molecule has 0 aromatic heterocycles. The van der Waals surface area contributed by atoms with Crippen molar-refractivity contribution in [2.24, 2.45) is 5.73 Å². The lowest BCUT2D eigenvalue weighted by molar-refractivity contribution is 0.110. The second-order valence-corrected chi connectivity index (χ2v) is 3.35. The Hall–Kier alpha value is -1.13. The van der Waals surface area contributed by atoms with E-state index in [1.165, 1.54) is 0 Å². The van der Waals surface area contributed by atoms with Gasteiger partial charge in [0.15, 0.2) is 0 Å². The van der Waals surface area contributed by atoms with Gasteiger partial charge in [-0.2, -0.15) is 0 Å². The van der Waals surface area contributed by atoms with Crippen molar-refractivity contribution in [3.05, 3.63) is 29.8 Å². The van der Waals surface area contributed by atoms with Crippen LogP contribution in [0.3, 0.4) is 0 Å². The van der Waals surface area contributed by atoms with E-state index >= 15 is 0 Å². The fourth-order valence-corrected chi connectivity index (χ4v) is 1.32. The van der Waals surface area contributed by atoms with Crippen molar-refractivity contribution < 1.29 is 9.47 Å². The Kier molecular flexibility index (Phi) is 5.07. The number of para-hydroxylation sites is 1. The summed E-state index contributed by atoms with van der Waals surface area (Å²) in [5.41, 5.74) is 6.33. The Bertz CT molecular complexity index is 328. The molecule has 82 valence electrons. The van der Waals surface area contributed by atoms with Crippen molar-refractivity contribution >= 4 is 17.2 Å². The molecule has 1 aromatic rings. The van der Waals surface area contributed by atoms with Crippen LogP contribution >= 0.6 is 12.2 Å². The second kappa shape index (κ2) is 6.37. The molecule has 0 unspecified atom stereocenters. The number of ether oxygens (including phenoxy) is 2. The van der Waals surface area contributed by atoms with Gasteiger partial charge in [-0.1, -0.05) is 24.4 Å². The zero-order valence-corrected chi connectivity index (χ0v) is 9.55. The van der Waals surface area contributed by atoms with Gasteiger partial charge in [-0.05, 0) is 19.1 Å². The molecule has 0 atom stereocenters. The zero-order chi connectivity index (χ0) is 11.1. The van der Waals surface area contributed by atoms with Gasteiger partial charge in [0.25, 0.3) is 0 Å². The van der Waals surface area contributed by atoms with Crippen LogP contribution < -0.4 is 10.5 Å². The normalized spacial score (nSPS) is 9.93. The highest BCUT2D eigenvalue weighted by Crippen LogP contribution is 2.17. The van der Waals surface area contributed by atoms with E-state index < -0.39 is 0 Å². The van der Waals surface area contributed by atoms with Crippen LogP contribution in [0.4, 0.5) is 0 Å². The van der Waals surface area contributed by atoms with Crippen LogP contribution in [0, 0.1) is 0 Å². The Labute approximate surface area is 95.2 Å². The van der Waals surface area contributed by atoms with E-state index in [4.69, 9.17) is 27.4 Å². The van der Waals surface area contributed by atoms with E-state index in [0.29, 0.717) is 30.6 Å². The average molecular weight is 225 g/mol. The highest BCUT2D eigenvalue weighted by molar-refractivity contribution is 7.80. The summed E-state index contributed by atoms with van der Waals surface area (Å²) in [5, 5.41) is 0. The number of nitrogens with two attached hydrogens (primary N) is 1. The lowest BCUT2D eigenvalue weighted by Crippen LogP contribution is -2.13. The summed E-state index contributed by atoms with van der Waals surface area (Å²) in [7, 11) is 0. The van der Waals surface area contributed by atoms with Gasteiger partial charge in [-0.25, -0.2) is 0 Å². The second-order valence-electron chi connectivity index (χ2n) is 2.91. The number of thiocarbonyl (C=S) groups is 1. The van der Waals surface area contributed by atoms with Gasteiger partial charge in [0, 0.05) is 6.61 Å². The number of benzene rings is 1. The molecule has 0 heterocycles. The highest BCUT2D eigenvalue weighted by atomic mass is 32.1. The Morgan fingerprint density at radius 2 is 2.07 bits per heavy atom. The average Bonchev–Trinajstić information content (AvgIpc) is 2.25. The third-order valence-electron chi connectivity index (χ3n) is 1.84. The molecule has 1 rings (SSSR count). The van der Waals surface area contributed by atoms with Crippen molar-refractivity contribution in [3.8, 4) is 5.75 Å². The first-order valence-electron chi connectivity index (χ1n) is 4.85. The summed E-state index contributed by atoms with van der Waals surface area (Å²) >= 11 is 4.92. The van der Waals surface area contributed by atoms with Crippen LogP contribution in [0.5, 0.6) is 5.75 Å². The van der Waals surface area contributed by atoms with Crippen LogP contribution in [-0.2, 0) is 4.74 Å². The number of hydrogen-bond donors (Lipinski definition) is 1. The molecule has 0 aliphatic rings. The molecule has 0 spiro atoms. The molecular weight excluding hydrogens is 210 g/mol. The third-order valence-corrected chi connectivity index (χ3v) is 2.06. The van der Waals surface area contributed by atoms with Gasteiger partial charge in [0.2, 0.25) is 0 Å². The Morgan fingerprint density at radius 3 is 2.73 bits per heavy atom. The fourth-order valence-electron chi connectivity index (χ4n) is 1.15. The molecule has 0 saturated carbocycles. The molecule has 3 nitrogen and oxygen atoms in total. The molecule has 0 aliphatic carbocycles. The van der Waals surface area contributed by atoms with E-state index in [2.05, 4.69) is 0 Å². The van der Waals surface area contributed by atoms with Gasteiger partial charge in [0.05, 0.1) is 12.2 Å². The standard InChI is InChI=1S/C11H15NO2S/c1-2-13-7-8-14-10-6-4-3-5-9(10)11(12)15/h3-6H,2,7-8H2,1H3,(H2,12,15).